The van der Waals surface area contributed by atoms with E-state index < -0.39 is 33.2 Å². The average molecular weight is 619 g/mol. The van der Waals surface area contributed by atoms with E-state index >= 15 is 0 Å². The lowest BCUT2D eigenvalue weighted by atomic mass is 9.83. The van der Waals surface area contributed by atoms with Gasteiger partial charge in [0.1, 0.15) is 16.5 Å². The molecule has 0 spiro atoms. The van der Waals surface area contributed by atoms with E-state index in [1.165, 1.54) is 34.6 Å². The molecule has 4 aromatic carbocycles. The predicted molar refractivity (Wildman–Crippen MR) is 164 cm³/mol. The summed E-state index contributed by atoms with van der Waals surface area (Å²) in [5.41, 5.74) is 0.917. The number of hydrogen-bond acceptors (Lipinski definition) is 5. The summed E-state index contributed by atoms with van der Waals surface area (Å²) < 4.78 is 65.7. The largest absolute Gasteiger partial charge is 0.478 e. The molecule has 10 heteroatoms. The Morgan fingerprint density at radius 2 is 1.57 bits per heavy atom. The van der Waals surface area contributed by atoms with Gasteiger partial charge in [0.15, 0.2) is 11.6 Å². The fourth-order valence-corrected chi connectivity index (χ4v) is 7.94. The molecule has 1 saturated carbocycles. The Labute approximate surface area is 255 Å². The van der Waals surface area contributed by atoms with Crippen LogP contribution < -0.4 is 9.64 Å². The Hall–Kier alpha value is -4.28. The lowest BCUT2D eigenvalue weighted by Gasteiger charge is -2.36. The third-order valence-electron chi connectivity index (χ3n) is 8.67. The summed E-state index contributed by atoms with van der Waals surface area (Å²) in [6.45, 7) is 0.385. The lowest BCUT2D eigenvalue weighted by Crippen LogP contribution is -2.46. The molecule has 1 atom stereocenters. The maximum atomic E-state index is 14.8. The van der Waals surface area contributed by atoms with Gasteiger partial charge in [0.05, 0.1) is 11.3 Å². The zero-order chi connectivity index (χ0) is 31.0. The van der Waals surface area contributed by atoms with E-state index in [9.17, 15) is 27.1 Å². The summed E-state index contributed by atoms with van der Waals surface area (Å²) in [4.78, 5) is 13.8. The number of hydrogen-bond donors (Lipinski definition) is 1. The minimum absolute atomic E-state index is 0.0146. The van der Waals surface area contributed by atoms with Gasteiger partial charge in [0.25, 0.3) is 0 Å². The zero-order valence-corrected chi connectivity index (χ0v) is 24.9. The van der Waals surface area contributed by atoms with Crippen molar-refractivity contribution in [2.24, 2.45) is 5.92 Å². The van der Waals surface area contributed by atoms with Crippen molar-refractivity contribution in [3.05, 3.63) is 102 Å². The van der Waals surface area contributed by atoms with E-state index in [1.54, 1.807) is 19.2 Å². The second-order valence-corrected chi connectivity index (χ2v) is 13.2. The van der Waals surface area contributed by atoms with Crippen LogP contribution in [0.25, 0.3) is 11.1 Å². The standard InChI is InChI=1S/C34H32F2N2O5S/c1-37-30(22-10-4-2-5-11-22)21-38(24-12-6-3-7-13-24)29-20-32(43-31-15-9-8-14-28(31)36)25(19-33(29)44(37,41)42)23-16-17-27(35)26(18-23)34(39)40/h3,6-9,12-20,22,30H,2,4-5,10-11,21H2,1H3,(H,39,40)/t30-/m0/s1. The van der Waals surface area contributed by atoms with Crippen LogP contribution in [0.5, 0.6) is 11.5 Å². The van der Waals surface area contributed by atoms with Crippen molar-refractivity contribution in [2.75, 3.05) is 18.5 Å². The first-order chi connectivity index (χ1) is 21.1. The summed E-state index contributed by atoms with van der Waals surface area (Å²) in [6.07, 6.45) is 5.04. The third kappa shape index (κ3) is 5.55. The van der Waals surface area contributed by atoms with Crippen LogP contribution in [-0.4, -0.2) is 43.4 Å². The van der Waals surface area contributed by atoms with E-state index in [0.29, 0.717) is 12.2 Å². The topological polar surface area (TPSA) is 87.2 Å². The average Bonchev–Trinajstić information content (AvgIpc) is 3.11. The molecule has 7 nitrogen and oxygen atoms in total. The number of sulfonamides is 1. The van der Waals surface area contributed by atoms with Gasteiger partial charge in [0, 0.05) is 37.0 Å². The number of carboxylic acid groups (broad SMARTS) is 1. The minimum atomic E-state index is -4.09. The van der Waals surface area contributed by atoms with E-state index in [1.807, 2.05) is 35.2 Å². The van der Waals surface area contributed by atoms with Crippen molar-refractivity contribution in [3.8, 4) is 22.6 Å². The molecular weight excluding hydrogens is 586 g/mol. The molecule has 1 aliphatic carbocycles. The molecule has 4 aromatic rings. The highest BCUT2D eigenvalue weighted by atomic mass is 32.2. The van der Waals surface area contributed by atoms with Gasteiger partial charge in [-0.25, -0.2) is 22.0 Å². The molecule has 6 rings (SSSR count). The number of carbonyl (C=O) groups is 1. The number of rotatable bonds is 6. The van der Waals surface area contributed by atoms with E-state index in [4.69, 9.17) is 4.74 Å². The Kier molecular flexibility index (Phi) is 8.13. The van der Waals surface area contributed by atoms with Gasteiger partial charge in [-0.2, -0.15) is 4.31 Å². The van der Waals surface area contributed by atoms with Gasteiger partial charge < -0.3 is 14.7 Å². The Morgan fingerprint density at radius 3 is 2.27 bits per heavy atom. The molecule has 1 fully saturated rings. The summed E-state index contributed by atoms with van der Waals surface area (Å²) in [5.74, 6) is -2.91. The number of anilines is 2. The molecule has 1 N–H and O–H groups in total. The molecule has 0 unspecified atom stereocenters. The molecule has 0 saturated heterocycles. The molecule has 228 valence electrons. The van der Waals surface area contributed by atoms with Crippen LogP contribution >= 0.6 is 0 Å². The molecule has 0 amide bonds. The summed E-state index contributed by atoms with van der Waals surface area (Å²) in [5, 5.41) is 9.61. The normalized spacial score (nSPS) is 18.8. The van der Waals surface area contributed by atoms with Gasteiger partial charge in [-0.3, -0.25) is 0 Å². The number of benzene rings is 4. The van der Waals surface area contributed by atoms with Gasteiger partial charge >= 0.3 is 5.97 Å². The van der Waals surface area contributed by atoms with Crippen LogP contribution in [0.2, 0.25) is 0 Å². The van der Waals surface area contributed by atoms with Crippen LogP contribution in [0.3, 0.4) is 0 Å². The molecule has 0 radical (unpaired) electrons. The molecule has 1 aliphatic heterocycles. The highest BCUT2D eigenvalue weighted by molar-refractivity contribution is 7.89. The molecule has 1 heterocycles. The van der Waals surface area contributed by atoms with Crippen LogP contribution in [0.4, 0.5) is 20.2 Å². The Bertz CT molecular complexity index is 1810. The number of fused-ring (bicyclic) bond motifs is 1. The van der Waals surface area contributed by atoms with Crippen molar-refractivity contribution in [3.63, 3.8) is 0 Å². The van der Waals surface area contributed by atoms with Gasteiger partial charge in [-0.15, -0.1) is 0 Å². The first-order valence-corrected chi connectivity index (χ1v) is 16.0. The Morgan fingerprint density at radius 1 is 0.864 bits per heavy atom. The quantitative estimate of drug-likeness (QED) is 0.237. The van der Waals surface area contributed by atoms with E-state index in [2.05, 4.69) is 0 Å². The second kappa shape index (κ2) is 12.0. The number of likely N-dealkylation sites (N-methyl/N-ethyl adjacent to an activating group) is 1. The van der Waals surface area contributed by atoms with Gasteiger partial charge in [0.2, 0.25) is 10.0 Å². The number of aromatic carboxylic acids is 1. The second-order valence-electron chi connectivity index (χ2n) is 11.3. The Balaban J connectivity index is 1.61. The highest BCUT2D eigenvalue weighted by Gasteiger charge is 2.41. The predicted octanol–water partition coefficient (Wildman–Crippen LogP) is 7.84. The van der Waals surface area contributed by atoms with Gasteiger partial charge in [-0.1, -0.05) is 55.7 Å². The first-order valence-electron chi connectivity index (χ1n) is 14.6. The number of nitrogens with zero attached hydrogens (tertiary/aromatic N) is 2. The smallest absolute Gasteiger partial charge is 0.338 e. The summed E-state index contributed by atoms with van der Waals surface area (Å²) in [6, 6.07) is 21.4. The SMILES string of the molecule is CN1[C@H](C2CCCCC2)CN(c2ccccc2)c2cc(Oc3ccccc3F)c(-c3ccc(F)c(C(=O)O)c3)cc2S1(=O)=O. The number of ether oxygens (including phenoxy) is 1. The lowest BCUT2D eigenvalue weighted by molar-refractivity contribution is 0.0692. The number of para-hydroxylation sites is 2. The van der Waals surface area contributed by atoms with Crippen LogP contribution in [0.1, 0.15) is 42.5 Å². The maximum Gasteiger partial charge on any atom is 0.338 e. The van der Waals surface area contributed by atoms with E-state index in [0.717, 1.165) is 49.9 Å². The van der Waals surface area contributed by atoms with Crippen molar-refractivity contribution in [2.45, 2.75) is 43.0 Å². The molecule has 0 aromatic heterocycles. The first kappa shape index (κ1) is 29.8. The molecule has 44 heavy (non-hydrogen) atoms. The van der Waals surface area contributed by atoms with Gasteiger partial charge in [-0.05, 0) is 66.8 Å². The maximum absolute atomic E-state index is 14.8. The highest BCUT2D eigenvalue weighted by Crippen LogP contribution is 2.46. The summed E-state index contributed by atoms with van der Waals surface area (Å²) in [7, 11) is -2.48. The minimum Gasteiger partial charge on any atom is -0.478 e. The zero-order valence-electron chi connectivity index (χ0n) is 24.1. The monoisotopic (exact) mass is 618 g/mol. The fourth-order valence-electron chi connectivity index (χ4n) is 6.33. The summed E-state index contributed by atoms with van der Waals surface area (Å²) >= 11 is 0. The third-order valence-corrected chi connectivity index (χ3v) is 10.6. The van der Waals surface area contributed by atoms with Crippen molar-refractivity contribution >= 4 is 27.4 Å². The van der Waals surface area contributed by atoms with E-state index in [-0.39, 0.29) is 39.5 Å². The molecule has 2 aliphatic rings. The van der Waals surface area contributed by atoms with Crippen LogP contribution in [-0.2, 0) is 10.0 Å². The van der Waals surface area contributed by atoms with Crippen LogP contribution in [0.15, 0.2) is 89.8 Å². The molecular formula is C34H32F2N2O5S. The number of halogens is 2. The molecule has 0 bridgehead atoms. The van der Waals surface area contributed by atoms with Crippen LogP contribution in [0, 0.1) is 17.6 Å². The van der Waals surface area contributed by atoms with Crippen molar-refractivity contribution in [1.82, 2.24) is 4.31 Å². The van der Waals surface area contributed by atoms with Crippen molar-refractivity contribution < 1.29 is 31.8 Å². The fraction of sp³-hybridized carbons (Fsp3) is 0.265. The van der Waals surface area contributed by atoms with Crippen molar-refractivity contribution in [1.29, 1.82) is 0 Å². The number of carboxylic acids is 1.